The van der Waals surface area contributed by atoms with E-state index in [1.807, 2.05) is 25.1 Å². The van der Waals surface area contributed by atoms with Gasteiger partial charge in [0.05, 0.1) is 13.2 Å². The lowest BCUT2D eigenvalue weighted by molar-refractivity contribution is 0.177. The van der Waals surface area contributed by atoms with Crippen molar-refractivity contribution in [3.8, 4) is 5.75 Å². The molecule has 1 fully saturated rings. The molecule has 2 amide bonds. The molecule has 1 aliphatic carbocycles. The number of hydrogen-bond donors (Lipinski definition) is 3. The Morgan fingerprint density at radius 2 is 2.19 bits per heavy atom. The van der Waals surface area contributed by atoms with E-state index in [0.717, 1.165) is 36.1 Å². The minimum Gasteiger partial charge on any atom is -0.496 e. The van der Waals surface area contributed by atoms with Crippen molar-refractivity contribution in [2.24, 2.45) is 5.92 Å². The number of hydrogen-bond acceptors (Lipinski definition) is 3. The second kappa shape index (κ2) is 7.31. The van der Waals surface area contributed by atoms with Gasteiger partial charge >= 0.3 is 6.03 Å². The Morgan fingerprint density at radius 3 is 2.81 bits per heavy atom. The molecule has 116 valence electrons. The number of aliphatic hydroxyl groups is 1. The van der Waals surface area contributed by atoms with Crippen LogP contribution in [-0.2, 0) is 6.54 Å². The summed E-state index contributed by atoms with van der Waals surface area (Å²) in [6, 6.07) is 5.70. The number of aryl methyl sites for hydroxylation is 1. The Kier molecular flexibility index (Phi) is 5.44. The van der Waals surface area contributed by atoms with E-state index in [1.54, 1.807) is 7.11 Å². The van der Waals surface area contributed by atoms with E-state index < -0.39 is 0 Å². The normalized spacial score (nSPS) is 21.1. The van der Waals surface area contributed by atoms with Crippen LogP contribution >= 0.6 is 0 Å². The van der Waals surface area contributed by atoms with Crippen LogP contribution in [0.15, 0.2) is 18.2 Å². The summed E-state index contributed by atoms with van der Waals surface area (Å²) in [5.41, 5.74) is 2.09. The van der Waals surface area contributed by atoms with Gasteiger partial charge in [0, 0.05) is 13.1 Å². The zero-order valence-corrected chi connectivity index (χ0v) is 12.7. The number of urea groups is 1. The van der Waals surface area contributed by atoms with Crippen molar-refractivity contribution < 1.29 is 14.6 Å². The highest BCUT2D eigenvalue weighted by molar-refractivity contribution is 5.73. The first-order valence-electron chi connectivity index (χ1n) is 7.41. The number of ether oxygens (including phenoxy) is 1. The summed E-state index contributed by atoms with van der Waals surface area (Å²) in [7, 11) is 1.65. The molecule has 1 aliphatic rings. The maximum Gasteiger partial charge on any atom is 0.315 e. The topological polar surface area (TPSA) is 70.6 Å². The molecule has 3 N–H and O–H groups in total. The minimum atomic E-state index is -0.192. The lowest BCUT2D eigenvalue weighted by atomic mass is 10.1. The number of carbonyl (C=O) groups excluding carboxylic acids is 1. The second-order valence-electron chi connectivity index (χ2n) is 5.70. The van der Waals surface area contributed by atoms with Gasteiger partial charge in [-0.3, -0.25) is 0 Å². The average Bonchev–Trinajstić information content (AvgIpc) is 2.89. The molecule has 0 saturated heterocycles. The molecule has 2 atom stereocenters. The molecule has 0 spiro atoms. The Labute approximate surface area is 125 Å². The summed E-state index contributed by atoms with van der Waals surface area (Å²) < 4.78 is 5.21. The summed E-state index contributed by atoms with van der Waals surface area (Å²) >= 11 is 0. The summed E-state index contributed by atoms with van der Waals surface area (Å²) in [4.78, 5) is 11.8. The predicted molar refractivity (Wildman–Crippen MR) is 81.3 cm³/mol. The van der Waals surface area contributed by atoms with Crippen molar-refractivity contribution >= 4 is 6.03 Å². The van der Waals surface area contributed by atoms with Gasteiger partial charge in [0.2, 0.25) is 0 Å². The van der Waals surface area contributed by atoms with Gasteiger partial charge in [-0.2, -0.15) is 0 Å². The SMILES string of the molecule is COc1ccc(CNC(=O)NC[C@@H]2CC[C@@H](O)C2)cc1C. The first kappa shape index (κ1) is 15.6. The van der Waals surface area contributed by atoms with E-state index >= 15 is 0 Å². The fraction of sp³-hybridized carbons (Fsp3) is 0.562. The molecule has 1 aromatic carbocycles. The molecule has 0 radical (unpaired) electrons. The van der Waals surface area contributed by atoms with Crippen LogP contribution in [0.25, 0.3) is 0 Å². The number of aliphatic hydroxyl groups excluding tert-OH is 1. The van der Waals surface area contributed by atoms with Gasteiger partial charge in [0.1, 0.15) is 5.75 Å². The zero-order chi connectivity index (χ0) is 15.2. The highest BCUT2D eigenvalue weighted by atomic mass is 16.5. The standard InChI is InChI=1S/C16H24N2O3/c1-11-7-12(4-6-15(11)21-2)9-17-16(20)18-10-13-3-5-14(19)8-13/h4,6-7,13-14,19H,3,5,8-10H2,1-2H3,(H2,17,18,20)/t13-,14-/m1/s1. The monoisotopic (exact) mass is 292 g/mol. The van der Waals surface area contributed by atoms with Crippen LogP contribution in [0.4, 0.5) is 4.79 Å². The lowest BCUT2D eigenvalue weighted by Crippen LogP contribution is -2.37. The van der Waals surface area contributed by atoms with Gasteiger partial charge in [-0.1, -0.05) is 12.1 Å². The quantitative estimate of drug-likeness (QED) is 0.777. The molecule has 5 heteroatoms. The predicted octanol–water partition coefficient (Wildman–Crippen LogP) is 1.96. The summed E-state index contributed by atoms with van der Waals surface area (Å²) in [5.74, 6) is 1.25. The molecule has 21 heavy (non-hydrogen) atoms. The van der Waals surface area contributed by atoms with Crippen LogP contribution in [0.5, 0.6) is 5.75 Å². The molecule has 0 heterocycles. The Balaban J connectivity index is 1.72. The minimum absolute atomic E-state index is 0.162. The molecule has 0 bridgehead atoms. The Morgan fingerprint density at radius 1 is 1.38 bits per heavy atom. The van der Waals surface area contributed by atoms with Gasteiger partial charge in [-0.05, 0) is 49.3 Å². The van der Waals surface area contributed by atoms with E-state index in [4.69, 9.17) is 4.74 Å². The van der Waals surface area contributed by atoms with E-state index in [-0.39, 0.29) is 12.1 Å². The third-order valence-electron chi connectivity index (χ3n) is 3.98. The van der Waals surface area contributed by atoms with Gasteiger partial charge in [-0.25, -0.2) is 4.79 Å². The smallest absolute Gasteiger partial charge is 0.315 e. The highest BCUT2D eigenvalue weighted by Crippen LogP contribution is 2.24. The van der Waals surface area contributed by atoms with Gasteiger partial charge in [0.15, 0.2) is 0 Å². The van der Waals surface area contributed by atoms with Crippen LogP contribution in [-0.4, -0.2) is 30.9 Å². The summed E-state index contributed by atoms with van der Waals surface area (Å²) in [6.07, 6.45) is 2.43. The first-order valence-corrected chi connectivity index (χ1v) is 7.41. The van der Waals surface area contributed by atoms with Crippen molar-refractivity contribution in [2.75, 3.05) is 13.7 Å². The molecule has 2 rings (SSSR count). The molecular formula is C16H24N2O3. The van der Waals surface area contributed by atoms with Gasteiger partial charge in [-0.15, -0.1) is 0 Å². The first-order chi connectivity index (χ1) is 10.1. The molecular weight excluding hydrogens is 268 g/mol. The Hall–Kier alpha value is -1.75. The molecule has 5 nitrogen and oxygen atoms in total. The van der Waals surface area contributed by atoms with Crippen LogP contribution < -0.4 is 15.4 Å². The van der Waals surface area contributed by atoms with Crippen LogP contribution in [0.1, 0.15) is 30.4 Å². The lowest BCUT2D eigenvalue weighted by Gasteiger charge is -2.12. The van der Waals surface area contributed by atoms with Crippen LogP contribution in [0.3, 0.4) is 0 Å². The zero-order valence-electron chi connectivity index (χ0n) is 12.7. The third kappa shape index (κ3) is 4.63. The largest absolute Gasteiger partial charge is 0.496 e. The maximum absolute atomic E-state index is 11.8. The number of rotatable bonds is 5. The molecule has 0 aromatic heterocycles. The number of benzene rings is 1. The van der Waals surface area contributed by atoms with Crippen LogP contribution in [0.2, 0.25) is 0 Å². The number of methoxy groups -OCH3 is 1. The highest BCUT2D eigenvalue weighted by Gasteiger charge is 2.22. The maximum atomic E-state index is 11.8. The second-order valence-corrected chi connectivity index (χ2v) is 5.70. The van der Waals surface area contributed by atoms with Gasteiger partial charge in [0.25, 0.3) is 0 Å². The summed E-state index contributed by atoms with van der Waals surface area (Å²) in [5, 5.41) is 15.2. The van der Waals surface area contributed by atoms with E-state index in [2.05, 4.69) is 10.6 Å². The average molecular weight is 292 g/mol. The van der Waals surface area contributed by atoms with Crippen molar-refractivity contribution in [1.82, 2.24) is 10.6 Å². The van der Waals surface area contributed by atoms with Crippen molar-refractivity contribution in [1.29, 1.82) is 0 Å². The molecule has 1 aromatic rings. The fourth-order valence-electron chi connectivity index (χ4n) is 2.77. The van der Waals surface area contributed by atoms with Gasteiger partial charge < -0.3 is 20.5 Å². The number of amides is 2. The molecule has 1 saturated carbocycles. The number of nitrogens with one attached hydrogen (secondary N) is 2. The van der Waals surface area contributed by atoms with Crippen molar-refractivity contribution in [3.63, 3.8) is 0 Å². The van der Waals surface area contributed by atoms with E-state index in [1.165, 1.54) is 0 Å². The third-order valence-corrected chi connectivity index (χ3v) is 3.98. The molecule has 0 aliphatic heterocycles. The van der Waals surface area contributed by atoms with Crippen LogP contribution in [0, 0.1) is 12.8 Å². The van der Waals surface area contributed by atoms with E-state index in [0.29, 0.717) is 19.0 Å². The molecule has 0 unspecified atom stereocenters. The van der Waals surface area contributed by atoms with Crippen molar-refractivity contribution in [2.45, 2.75) is 38.8 Å². The van der Waals surface area contributed by atoms with Crippen molar-refractivity contribution in [3.05, 3.63) is 29.3 Å². The summed E-state index contributed by atoms with van der Waals surface area (Å²) in [6.45, 7) is 3.10. The number of carbonyl (C=O) groups is 1. The Bertz CT molecular complexity index is 490. The van der Waals surface area contributed by atoms with E-state index in [9.17, 15) is 9.90 Å². The fourth-order valence-corrected chi connectivity index (χ4v) is 2.77.